The van der Waals surface area contributed by atoms with Crippen molar-refractivity contribution in [2.45, 2.75) is 97.1 Å². The smallest absolute Gasteiger partial charge is 0.355 e. The minimum Gasteiger partial charge on any atom is -0.490 e. The van der Waals surface area contributed by atoms with E-state index >= 15 is 0 Å². The van der Waals surface area contributed by atoms with Crippen LogP contribution in [0.25, 0.3) is 32.4 Å². The molecule has 1 saturated carbocycles. The summed E-state index contributed by atoms with van der Waals surface area (Å²) in [4.78, 5) is 72.3. The first-order valence-electron chi connectivity index (χ1n) is 26.5. The number of pyridine rings is 1. The summed E-state index contributed by atoms with van der Waals surface area (Å²) < 4.78 is 9.88. The van der Waals surface area contributed by atoms with Gasteiger partial charge in [0.05, 0.1) is 33.3 Å². The summed E-state index contributed by atoms with van der Waals surface area (Å²) in [6.07, 6.45) is 8.24. The zero-order chi connectivity index (χ0) is 52.0. The number of piperazine rings is 1. The highest BCUT2D eigenvalue weighted by Crippen LogP contribution is 2.39. The van der Waals surface area contributed by atoms with Crippen LogP contribution in [0.15, 0.2) is 91.0 Å². The van der Waals surface area contributed by atoms with Gasteiger partial charge in [0.25, 0.3) is 5.91 Å². The maximum absolute atomic E-state index is 13.7. The van der Waals surface area contributed by atoms with Crippen LogP contribution >= 0.6 is 11.3 Å². The lowest BCUT2D eigenvalue weighted by atomic mass is 9.78. The summed E-state index contributed by atoms with van der Waals surface area (Å²) >= 11 is 1.44. The molecule has 2 saturated heterocycles. The lowest BCUT2D eigenvalue weighted by Gasteiger charge is -2.40. The van der Waals surface area contributed by atoms with Crippen LogP contribution in [0.5, 0.6) is 5.75 Å². The second-order valence-electron chi connectivity index (χ2n) is 21.8. The molecule has 0 bridgehead atoms. The van der Waals surface area contributed by atoms with Crippen LogP contribution in [0.2, 0.25) is 0 Å². The van der Waals surface area contributed by atoms with Crippen molar-refractivity contribution in [3.8, 4) is 16.9 Å². The minimum absolute atomic E-state index is 0.0195. The number of ether oxygens (including phenoxy) is 1. The fourth-order valence-corrected chi connectivity index (χ4v) is 12.8. The monoisotopic (exact) mass is 1030 g/mol. The predicted molar refractivity (Wildman–Crippen MR) is 294 cm³/mol. The molecular formula is C59H65N9O6S. The van der Waals surface area contributed by atoms with Crippen molar-refractivity contribution in [3.05, 3.63) is 125 Å². The SMILES string of the molecule is Cc1c(OC2CCC(CCC(C)(C)CN3CCN(c4nc5cc(C6CCC(=O)NC6=O)ccc5n4C)CC3)CC2)cccc1-c1ccc(N2CCc3cccc(C(=O)Nc4nc5ccccc5s4)c3C2)nc1C(=O)O. The Morgan fingerprint density at radius 1 is 0.827 bits per heavy atom. The number of benzene rings is 4. The Kier molecular flexibility index (Phi) is 13.9. The fourth-order valence-electron chi connectivity index (χ4n) is 11.9. The molecule has 15 nitrogen and oxygen atoms in total. The van der Waals surface area contributed by atoms with Gasteiger partial charge in [0.1, 0.15) is 11.6 Å². The number of carbonyl (C=O) groups excluding carboxylic acids is 3. The van der Waals surface area contributed by atoms with Gasteiger partial charge in [0.15, 0.2) is 10.8 Å². The summed E-state index contributed by atoms with van der Waals surface area (Å²) in [5.74, 6) is 0.845. The van der Waals surface area contributed by atoms with Crippen LogP contribution in [-0.4, -0.2) is 98.6 Å². The maximum atomic E-state index is 13.7. The molecule has 1 aliphatic carbocycles. The van der Waals surface area contributed by atoms with Gasteiger partial charge in [0, 0.05) is 70.4 Å². The van der Waals surface area contributed by atoms with E-state index in [-0.39, 0.29) is 40.9 Å². The van der Waals surface area contributed by atoms with Gasteiger partial charge in [-0.15, -0.1) is 0 Å². The molecular weight excluding hydrogens is 963 g/mol. The molecule has 3 fully saturated rings. The van der Waals surface area contributed by atoms with Crippen molar-refractivity contribution in [1.82, 2.24) is 29.7 Å². The number of hydrogen-bond acceptors (Lipinski definition) is 12. The molecule has 388 valence electrons. The van der Waals surface area contributed by atoms with Crippen molar-refractivity contribution in [2.24, 2.45) is 18.4 Å². The summed E-state index contributed by atoms with van der Waals surface area (Å²) in [5, 5.41) is 16.6. The Morgan fingerprint density at radius 2 is 1.63 bits per heavy atom. The number of fused-ring (bicyclic) bond motifs is 3. The van der Waals surface area contributed by atoms with E-state index in [1.165, 1.54) is 24.2 Å². The number of piperidine rings is 1. The first-order valence-corrected chi connectivity index (χ1v) is 27.4. The number of rotatable bonds is 14. The molecule has 6 heterocycles. The van der Waals surface area contributed by atoms with E-state index in [2.05, 4.69) is 61.8 Å². The van der Waals surface area contributed by atoms with Crippen LogP contribution in [-0.2, 0) is 29.6 Å². The summed E-state index contributed by atoms with van der Waals surface area (Å²) in [6.45, 7) is 12.7. The number of aromatic carboxylic acids is 1. The van der Waals surface area contributed by atoms with Crippen LogP contribution in [0, 0.1) is 18.3 Å². The van der Waals surface area contributed by atoms with E-state index in [0.717, 1.165) is 119 Å². The molecule has 16 heteroatoms. The van der Waals surface area contributed by atoms with Gasteiger partial charge in [-0.25, -0.2) is 19.7 Å². The molecule has 4 aliphatic rings. The third kappa shape index (κ3) is 10.6. The number of carbonyl (C=O) groups is 4. The summed E-state index contributed by atoms with van der Waals surface area (Å²) in [5.41, 5.74) is 8.58. The number of nitrogens with zero attached hydrogens (tertiary/aromatic N) is 7. The first-order chi connectivity index (χ1) is 36.2. The van der Waals surface area contributed by atoms with Crippen LogP contribution in [0.4, 0.5) is 16.9 Å². The van der Waals surface area contributed by atoms with Crippen molar-refractivity contribution in [3.63, 3.8) is 0 Å². The highest BCUT2D eigenvalue weighted by atomic mass is 32.1. The Morgan fingerprint density at radius 3 is 2.41 bits per heavy atom. The van der Waals surface area contributed by atoms with Crippen LogP contribution < -0.4 is 25.2 Å². The van der Waals surface area contributed by atoms with E-state index in [0.29, 0.717) is 60.3 Å². The van der Waals surface area contributed by atoms with Crippen molar-refractivity contribution in [1.29, 1.82) is 0 Å². The topological polar surface area (TPSA) is 175 Å². The standard InChI is InChI=1S/C59H65N9O6S/c1-36-41(43-20-23-51(62-53(43)56(72)73)68-28-26-38-9-7-11-44(45(38)34-68)55(71)64-57-60-46-12-5-6-14-50(46)75-57)10-8-13-49(36)74-40-18-15-37(16-19-40)25-27-59(2,3)35-66-29-31-67(32-30-66)58-61-47-33-39(17-22-48(47)65(58)4)42-21-24-52(69)63-54(42)70/h5-14,17,20,22-23,33,37,40,42H,15-16,18-19,21,24-32,34-35H2,1-4H3,(H,72,73)(H,60,64,71)(H,63,69,70). The van der Waals surface area contributed by atoms with E-state index in [1.54, 1.807) is 0 Å². The highest BCUT2D eigenvalue weighted by molar-refractivity contribution is 7.22. The number of imide groups is 1. The lowest BCUT2D eigenvalue weighted by molar-refractivity contribution is -0.134. The van der Waals surface area contributed by atoms with Crippen molar-refractivity contribution in [2.75, 3.05) is 54.4 Å². The van der Waals surface area contributed by atoms with E-state index in [1.807, 2.05) is 91.9 Å². The number of imidazole rings is 1. The van der Waals surface area contributed by atoms with Gasteiger partial charge in [-0.1, -0.05) is 67.6 Å². The number of thiazole rings is 1. The van der Waals surface area contributed by atoms with Gasteiger partial charge < -0.3 is 24.2 Å². The highest BCUT2D eigenvalue weighted by Gasteiger charge is 2.32. The van der Waals surface area contributed by atoms with Gasteiger partial charge in [-0.05, 0) is 146 Å². The Bertz CT molecular complexity index is 3300. The molecule has 7 aromatic rings. The number of para-hydroxylation sites is 1. The Balaban J connectivity index is 0.666. The van der Waals surface area contributed by atoms with Gasteiger partial charge >= 0.3 is 5.97 Å². The van der Waals surface area contributed by atoms with Gasteiger partial charge in [0.2, 0.25) is 17.8 Å². The molecule has 3 aromatic heterocycles. The molecule has 1 unspecified atom stereocenters. The summed E-state index contributed by atoms with van der Waals surface area (Å²) in [6, 6.07) is 29.3. The largest absolute Gasteiger partial charge is 0.490 e. The van der Waals surface area contributed by atoms with Gasteiger partial charge in [-0.2, -0.15) is 0 Å². The van der Waals surface area contributed by atoms with Crippen molar-refractivity contribution < 1.29 is 29.0 Å². The van der Waals surface area contributed by atoms with Gasteiger partial charge in [-0.3, -0.25) is 29.9 Å². The maximum Gasteiger partial charge on any atom is 0.355 e. The van der Waals surface area contributed by atoms with E-state index < -0.39 is 5.97 Å². The average molecular weight is 1030 g/mol. The van der Waals surface area contributed by atoms with Crippen LogP contribution in [0.1, 0.15) is 114 Å². The fraction of sp³-hybridized carbons (Fsp3) is 0.407. The molecule has 3 N–H and O–H groups in total. The number of carboxylic acid groups (broad SMARTS) is 1. The predicted octanol–water partition coefficient (Wildman–Crippen LogP) is 10.2. The Hall–Kier alpha value is -7.17. The molecule has 4 aromatic carbocycles. The number of hydrogen-bond donors (Lipinski definition) is 3. The number of aromatic nitrogens is 4. The molecule has 3 amide bonds. The quantitative estimate of drug-likeness (QED) is 0.0881. The summed E-state index contributed by atoms with van der Waals surface area (Å²) in [7, 11) is 2.06. The first kappa shape index (κ1) is 50.0. The number of anilines is 3. The Labute approximate surface area is 441 Å². The number of carboxylic acids is 1. The van der Waals surface area contributed by atoms with E-state index in [4.69, 9.17) is 14.7 Å². The van der Waals surface area contributed by atoms with Crippen LogP contribution in [0.3, 0.4) is 0 Å². The molecule has 11 rings (SSSR count). The molecule has 75 heavy (non-hydrogen) atoms. The number of nitrogens with one attached hydrogen (secondary N) is 2. The lowest BCUT2D eigenvalue weighted by Crippen LogP contribution is -2.49. The van der Waals surface area contributed by atoms with E-state index in [9.17, 15) is 24.3 Å². The zero-order valence-corrected chi connectivity index (χ0v) is 44.0. The zero-order valence-electron chi connectivity index (χ0n) is 43.2. The second-order valence-corrected chi connectivity index (χ2v) is 22.8. The second kappa shape index (κ2) is 20.9. The average Bonchev–Trinajstić information content (AvgIpc) is 3.98. The molecule has 3 aliphatic heterocycles. The number of amides is 3. The third-order valence-corrected chi connectivity index (χ3v) is 17.1. The number of aryl methyl sites for hydroxylation is 1. The molecule has 0 spiro atoms. The molecule has 0 radical (unpaired) electrons. The normalized spacial score (nSPS) is 19.5. The minimum atomic E-state index is -1.10. The molecule has 1 atom stereocenters. The third-order valence-electron chi connectivity index (χ3n) is 16.2. The van der Waals surface area contributed by atoms with Crippen molar-refractivity contribution >= 4 is 73.2 Å².